The van der Waals surface area contributed by atoms with E-state index in [-0.39, 0.29) is 19.0 Å². The molecule has 0 aliphatic carbocycles. The molecule has 0 fully saturated rings. The van der Waals surface area contributed by atoms with Crippen molar-refractivity contribution in [1.29, 1.82) is 0 Å². The van der Waals surface area contributed by atoms with Crippen LogP contribution in [-0.2, 0) is 0 Å². The maximum atomic E-state index is 9.53. The van der Waals surface area contributed by atoms with E-state index in [9.17, 15) is 5.11 Å². The molecular weight excluding hydrogens is 294 g/mol. The summed E-state index contributed by atoms with van der Waals surface area (Å²) in [7, 11) is 0. The SMILES string of the molecule is CCO.OCCNCCCCCCCCOc1ccccc1O. The number of aliphatic hydroxyl groups excluding tert-OH is 2. The summed E-state index contributed by atoms with van der Waals surface area (Å²) in [6.07, 6.45) is 7.07. The van der Waals surface area contributed by atoms with E-state index >= 15 is 0 Å². The Morgan fingerprint density at radius 1 is 0.913 bits per heavy atom. The van der Waals surface area contributed by atoms with Crippen molar-refractivity contribution in [1.82, 2.24) is 5.32 Å². The molecular formula is C18H33NO4. The van der Waals surface area contributed by atoms with Gasteiger partial charge >= 0.3 is 0 Å². The second-order valence-corrected chi connectivity index (χ2v) is 5.23. The van der Waals surface area contributed by atoms with Crippen LogP contribution in [0.25, 0.3) is 0 Å². The van der Waals surface area contributed by atoms with Gasteiger partial charge in [-0.25, -0.2) is 0 Å². The van der Waals surface area contributed by atoms with Crippen LogP contribution < -0.4 is 10.1 Å². The number of rotatable bonds is 12. The van der Waals surface area contributed by atoms with Crippen LogP contribution in [0.1, 0.15) is 45.4 Å². The van der Waals surface area contributed by atoms with E-state index in [1.54, 1.807) is 25.1 Å². The average Bonchev–Trinajstić information content (AvgIpc) is 2.55. The Kier molecular flexibility index (Phi) is 16.1. The number of nitrogens with one attached hydrogen (secondary N) is 1. The van der Waals surface area contributed by atoms with Gasteiger partial charge in [0, 0.05) is 13.2 Å². The molecule has 0 amide bonds. The van der Waals surface area contributed by atoms with Crippen molar-refractivity contribution in [2.75, 3.05) is 32.9 Å². The fraction of sp³-hybridized carbons (Fsp3) is 0.667. The highest BCUT2D eigenvalue weighted by Gasteiger charge is 1.99. The third-order valence-electron chi connectivity index (χ3n) is 3.16. The molecule has 0 radical (unpaired) electrons. The number of unbranched alkanes of at least 4 members (excludes halogenated alkanes) is 5. The molecule has 0 aliphatic rings. The summed E-state index contributed by atoms with van der Waals surface area (Å²) in [6, 6.07) is 7.08. The summed E-state index contributed by atoms with van der Waals surface area (Å²) in [5.41, 5.74) is 0. The van der Waals surface area contributed by atoms with Crippen LogP contribution in [0.15, 0.2) is 24.3 Å². The molecule has 5 heteroatoms. The number of phenols is 1. The van der Waals surface area contributed by atoms with Gasteiger partial charge in [0.1, 0.15) is 0 Å². The topological polar surface area (TPSA) is 82.0 Å². The first kappa shape index (κ1) is 21.7. The molecule has 5 nitrogen and oxygen atoms in total. The van der Waals surface area contributed by atoms with Gasteiger partial charge in [-0.1, -0.05) is 37.8 Å². The molecule has 134 valence electrons. The Bertz CT molecular complexity index is 361. The van der Waals surface area contributed by atoms with Crippen LogP contribution in [0.4, 0.5) is 0 Å². The summed E-state index contributed by atoms with van der Waals surface area (Å²) in [4.78, 5) is 0. The monoisotopic (exact) mass is 327 g/mol. The van der Waals surface area contributed by atoms with Gasteiger partial charge < -0.3 is 25.4 Å². The van der Waals surface area contributed by atoms with Crippen molar-refractivity contribution in [3.63, 3.8) is 0 Å². The largest absolute Gasteiger partial charge is 0.504 e. The van der Waals surface area contributed by atoms with E-state index < -0.39 is 0 Å². The predicted octanol–water partition coefficient (Wildman–Crippen LogP) is 2.69. The minimum atomic E-state index is 0.211. The van der Waals surface area contributed by atoms with Crippen LogP contribution in [0.3, 0.4) is 0 Å². The van der Waals surface area contributed by atoms with Gasteiger partial charge in [-0.05, 0) is 38.4 Å². The van der Waals surface area contributed by atoms with Gasteiger partial charge in [-0.2, -0.15) is 0 Å². The quantitative estimate of drug-likeness (QED) is 0.444. The second kappa shape index (κ2) is 17.1. The molecule has 0 bridgehead atoms. The van der Waals surface area contributed by atoms with Crippen molar-refractivity contribution in [2.24, 2.45) is 0 Å². The first-order valence-corrected chi connectivity index (χ1v) is 8.59. The van der Waals surface area contributed by atoms with Crippen LogP contribution >= 0.6 is 0 Å². The molecule has 23 heavy (non-hydrogen) atoms. The minimum absolute atomic E-state index is 0.211. The van der Waals surface area contributed by atoms with Crippen LogP contribution in [0.5, 0.6) is 11.5 Å². The fourth-order valence-electron chi connectivity index (χ4n) is 2.02. The molecule has 1 rings (SSSR count). The third-order valence-corrected chi connectivity index (χ3v) is 3.16. The van der Waals surface area contributed by atoms with E-state index in [1.807, 2.05) is 6.07 Å². The van der Waals surface area contributed by atoms with E-state index in [2.05, 4.69) is 5.32 Å². The summed E-state index contributed by atoms with van der Waals surface area (Å²) >= 11 is 0. The van der Waals surface area contributed by atoms with Gasteiger partial charge in [-0.15, -0.1) is 0 Å². The number of hydrogen-bond donors (Lipinski definition) is 4. The maximum absolute atomic E-state index is 9.53. The van der Waals surface area contributed by atoms with Gasteiger partial charge in [-0.3, -0.25) is 0 Å². The summed E-state index contributed by atoms with van der Waals surface area (Å²) in [6.45, 7) is 4.51. The number of hydrogen-bond acceptors (Lipinski definition) is 5. The zero-order valence-electron chi connectivity index (χ0n) is 14.3. The highest BCUT2D eigenvalue weighted by atomic mass is 16.5. The second-order valence-electron chi connectivity index (χ2n) is 5.23. The van der Waals surface area contributed by atoms with Crippen LogP contribution in [0, 0.1) is 0 Å². The molecule has 0 unspecified atom stereocenters. The molecule has 0 saturated heterocycles. The molecule has 0 saturated carbocycles. The molecule has 0 atom stereocenters. The lowest BCUT2D eigenvalue weighted by atomic mass is 10.1. The number of para-hydroxylation sites is 2. The van der Waals surface area contributed by atoms with Crippen molar-refractivity contribution in [3.8, 4) is 11.5 Å². The van der Waals surface area contributed by atoms with Crippen molar-refractivity contribution in [3.05, 3.63) is 24.3 Å². The molecule has 1 aromatic rings. The molecule has 0 heterocycles. The Morgan fingerprint density at radius 3 is 2.17 bits per heavy atom. The third kappa shape index (κ3) is 14.0. The van der Waals surface area contributed by atoms with E-state index in [1.165, 1.54) is 25.7 Å². The Morgan fingerprint density at radius 2 is 1.52 bits per heavy atom. The predicted molar refractivity (Wildman–Crippen MR) is 94.0 cm³/mol. The van der Waals surface area contributed by atoms with Crippen molar-refractivity contribution in [2.45, 2.75) is 45.4 Å². The van der Waals surface area contributed by atoms with Gasteiger partial charge in [0.05, 0.1) is 13.2 Å². The first-order valence-electron chi connectivity index (χ1n) is 8.59. The fourth-order valence-corrected chi connectivity index (χ4v) is 2.02. The number of ether oxygens (including phenoxy) is 1. The number of aliphatic hydroxyl groups is 2. The number of phenolic OH excluding ortho intramolecular Hbond substituents is 1. The first-order chi connectivity index (χ1) is 11.3. The number of aromatic hydroxyl groups is 1. The molecule has 0 aromatic heterocycles. The number of benzene rings is 1. The van der Waals surface area contributed by atoms with Gasteiger partial charge in [0.25, 0.3) is 0 Å². The highest BCUT2D eigenvalue weighted by molar-refractivity contribution is 5.37. The van der Waals surface area contributed by atoms with Crippen molar-refractivity contribution < 1.29 is 20.1 Å². The van der Waals surface area contributed by atoms with E-state index in [4.69, 9.17) is 14.9 Å². The van der Waals surface area contributed by atoms with Crippen LogP contribution in [0.2, 0.25) is 0 Å². The Balaban J connectivity index is 0.00000149. The standard InChI is InChI=1S/C16H27NO3.C2H6O/c18-13-12-17-11-7-3-1-2-4-8-14-20-16-10-6-5-9-15(16)19;1-2-3/h5-6,9-10,17-19H,1-4,7-8,11-14H2;3H,2H2,1H3. The lowest BCUT2D eigenvalue weighted by Gasteiger charge is -2.07. The molecule has 0 spiro atoms. The molecule has 0 aliphatic heterocycles. The Labute approximate surface area is 140 Å². The normalized spacial score (nSPS) is 10.0. The average molecular weight is 327 g/mol. The lowest BCUT2D eigenvalue weighted by molar-refractivity contribution is 0.288. The van der Waals surface area contributed by atoms with Gasteiger partial charge in [0.2, 0.25) is 0 Å². The maximum Gasteiger partial charge on any atom is 0.160 e. The summed E-state index contributed by atoms with van der Waals surface area (Å²) in [5, 5.41) is 28.9. The summed E-state index contributed by atoms with van der Waals surface area (Å²) < 4.78 is 5.53. The molecule has 1 aromatic carbocycles. The molecule has 4 N–H and O–H groups in total. The van der Waals surface area contributed by atoms with Crippen LogP contribution in [-0.4, -0.2) is 48.2 Å². The lowest BCUT2D eigenvalue weighted by Crippen LogP contribution is -2.19. The van der Waals surface area contributed by atoms with Gasteiger partial charge in [0.15, 0.2) is 11.5 Å². The smallest absolute Gasteiger partial charge is 0.160 e. The minimum Gasteiger partial charge on any atom is -0.504 e. The van der Waals surface area contributed by atoms with E-state index in [0.29, 0.717) is 18.9 Å². The van der Waals surface area contributed by atoms with Crippen molar-refractivity contribution >= 4 is 0 Å². The zero-order chi connectivity index (χ0) is 17.2. The Hall–Kier alpha value is -1.30. The zero-order valence-corrected chi connectivity index (χ0v) is 14.3. The summed E-state index contributed by atoms with van der Waals surface area (Å²) in [5.74, 6) is 0.783. The van der Waals surface area contributed by atoms with E-state index in [0.717, 1.165) is 19.4 Å². The highest BCUT2D eigenvalue weighted by Crippen LogP contribution is 2.24.